The molecule has 1 unspecified atom stereocenters. The van der Waals surface area contributed by atoms with Gasteiger partial charge in [0.15, 0.2) is 0 Å². The van der Waals surface area contributed by atoms with Crippen molar-refractivity contribution in [3.63, 3.8) is 0 Å². The maximum atomic E-state index is 11.0. The predicted molar refractivity (Wildman–Crippen MR) is 78.9 cm³/mol. The third-order valence-corrected chi connectivity index (χ3v) is 4.05. The number of carbonyl (C=O) groups is 1. The number of carboxylic acid groups (broad SMARTS) is 1. The van der Waals surface area contributed by atoms with Crippen LogP contribution in [-0.4, -0.2) is 22.7 Å². The number of nitrogens with zero attached hydrogens (tertiary/aromatic N) is 1. The Morgan fingerprint density at radius 2 is 2.10 bits per heavy atom. The smallest absolute Gasteiger partial charge is 0.308 e. The van der Waals surface area contributed by atoms with E-state index in [9.17, 15) is 4.79 Å². The average molecular weight is 291 g/mol. The number of rotatable bonds is 6. The van der Waals surface area contributed by atoms with Crippen LogP contribution in [-0.2, 0) is 16.0 Å². The van der Waals surface area contributed by atoms with E-state index in [1.165, 1.54) is 11.3 Å². The minimum absolute atomic E-state index is 0.0132. The molecule has 5 heteroatoms. The average Bonchev–Trinajstić information content (AvgIpc) is 2.83. The van der Waals surface area contributed by atoms with Gasteiger partial charge in [-0.25, -0.2) is 4.98 Å². The Kier molecular flexibility index (Phi) is 4.87. The fraction of sp³-hybridized carbons (Fsp3) is 0.333. The highest BCUT2D eigenvalue weighted by atomic mass is 32.1. The van der Waals surface area contributed by atoms with E-state index >= 15 is 0 Å². The summed E-state index contributed by atoms with van der Waals surface area (Å²) in [4.78, 5) is 16.4. The van der Waals surface area contributed by atoms with Crippen LogP contribution >= 0.6 is 11.3 Å². The lowest BCUT2D eigenvalue weighted by Gasteiger charge is -2.06. The molecule has 0 bridgehead atoms. The van der Waals surface area contributed by atoms with Gasteiger partial charge in [-0.2, -0.15) is 0 Å². The molecular formula is C15H17NO3S. The van der Waals surface area contributed by atoms with E-state index in [-0.39, 0.29) is 12.5 Å². The molecule has 1 heterocycles. The summed E-state index contributed by atoms with van der Waals surface area (Å²) < 4.78 is 5.54. The largest absolute Gasteiger partial charge is 0.481 e. The van der Waals surface area contributed by atoms with Gasteiger partial charge in [0.2, 0.25) is 0 Å². The number of aromatic nitrogens is 1. The summed E-state index contributed by atoms with van der Waals surface area (Å²) in [6, 6.07) is 9.65. The van der Waals surface area contributed by atoms with E-state index in [0.717, 1.165) is 21.1 Å². The Balaban J connectivity index is 2.40. The predicted octanol–water partition coefficient (Wildman–Crippen LogP) is 3.53. The zero-order chi connectivity index (χ0) is 14.5. The Bertz CT molecular complexity index is 580. The number of ether oxygens (including phenoxy) is 1. The molecule has 0 saturated heterocycles. The Morgan fingerprint density at radius 1 is 1.40 bits per heavy atom. The van der Waals surface area contributed by atoms with Crippen molar-refractivity contribution in [1.82, 2.24) is 4.98 Å². The molecule has 1 atom stereocenters. The molecule has 0 aliphatic rings. The normalized spacial score (nSPS) is 12.3. The molecule has 0 radical (unpaired) electrons. The lowest BCUT2D eigenvalue weighted by Crippen LogP contribution is -1.99. The highest BCUT2D eigenvalue weighted by Gasteiger charge is 2.18. The maximum absolute atomic E-state index is 11.0. The van der Waals surface area contributed by atoms with Gasteiger partial charge in [0.05, 0.1) is 12.1 Å². The number of carboxylic acids is 1. The summed E-state index contributed by atoms with van der Waals surface area (Å²) in [6.07, 6.45) is -0.129. The Morgan fingerprint density at radius 3 is 2.70 bits per heavy atom. The van der Waals surface area contributed by atoms with Gasteiger partial charge in [-0.3, -0.25) is 4.79 Å². The van der Waals surface area contributed by atoms with Gasteiger partial charge in [0.25, 0.3) is 0 Å². The summed E-state index contributed by atoms with van der Waals surface area (Å²) in [7, 11) is 0. The molecule has 0 spiro atoms. The second kappa shape index (κ2) is 6.63. The van der Waals surface area contributed by atoms with Crippen molar-refractivity contribution in [2.24, 2.45) is 0 Å². The Hall–Kier alpha value is -1.72. The third-order valence-electron chi connectivity index (χ3n) is 2.84. The van der Waals surface area contributed by atoms with Crippen LogP contribution in [0.5, 0.6) is 0 Å². The molecule has 1 N–H and O–H groups in total. The van der Waals surface area contributed by atoms with Gasteiger partial charge in [-0.1, -0.05) is 30.3 Å². The molecule has 0 aliphatic carbocycles. The number of hydrogen-bond acceptors (Lipinski definition) is 4. The van der Waals surface area contributed by atoms with Gasteiger partial charge in [-0.15, -0.1) is 11.3 Å². The van der Waals surface area contributed by atoms with Crippen LogP contribution in [0.2, 0.25) is 0 Å². The molecule has 1 aromatic heterocycles. The van der Waals surface area contributed by atoms with E-state index in [1.54, 1.807) is 0 Å². The SMILES string of the molecule is CCOC(C)c1nc(-c2ccccc2)c(CC(=O)O)s1. The van der Waals surface area contributed by atoms with E-state index < -0.39 is 5.97 Å². The number of benzene rings is 1. The lowest BCUT2D eigenvalue weighted by molar-refractivity contribution is -0.136. The fourth-order valence-electron chi connectivity index (χ4n) is 1.94. The van der Waals surface area contributed by atoms with Gasteiger partial charge in [-0.05, 0) is 13.8 Å². The van der Waals surface area contributed by atoms with Gasteiger partial charge in [0, 0.05) is 17.0 Å². The Labute approximate surface area is 122 Å². The standard InChI is InChI=1S/C15H17NO3S/c1-3-19-10(2)15-16-14(11-7-5-4-6-8-11)12(20-15)9-13(17)18/h4-8,10H,3,9H2,1-2H3,(H,17,18). The van der Waals surface area contributed by atoms with Gasteiger partial charge < -0.3 is 9.84 Å². The summed E-state index contributed by atoms with van der Waals surface area (Å²) >= 11 is 1.41. The van der Waals surface area contributed by atoms with Crippen LogP contribution in [0.25, 0.3) is 11.3 Å². The molecule has 2 aromatic rings. The van der Waals surface area contributed by atoms with E-state index in [2.05, 4.69) is 4.98 Å². The van der Waals surface area contributed by atoms with Crippen molar-refractivity contribution >= 4 is 17.3 Å². The maximum Gasteiger partial charge on any atom is 0.308 e. The minimum atomic E-state index is -0.846. The first-order valence-corrected chi connectivity index (χ1v) is 7.31. The highest BCUT2D eigenvalue weighted by Crippen LogP contribution is 2.32. The zero-order valence-electron chi connectivity index (χ0n) is 11.5. The van der Waals surface area contributed by atoms with Crippen LogP contribution in [0, 0.1) is 0 Å². The monoisotopic (exact) mass is 291 g/mol. The summed E-state index contributed by atoms with van der Waals surface area (Å²) in [6.45, 7) is 4.47. The van der Waals surface area contributed by atoms with Gasteiger partial charge >= 0.3 is 5.97 Å². The third kappa shape index (κ3) is 3.43. The van der Waals surface area contributed by atoms with Crippen LogP contribution in [0.3, 0.4) is 0 Å². The lowest BCUT2D eigenvalue weighted by atomic mass is 10.1. The minimum Gasteiger partial charge on any atom is -0.481 e. The summed E-state index contributed by atoms with van der Waals surface area (Å²) in [5.41, 5.74) is 1.69. The van der Waals surface area contributed by atoms with Crippen LogP contribution in [0.1, 0.15) is 29.8 Å². The molecule has 0 fully saturated rings. The molecule has 106 valence electrons. The van der Waals surface area contributed by atoms with Crippen molar-refractivity contribution in [2.45, 2.75) is 26.4 Å². The second-order valence-corrected chi connectivity index (χ2v) is 5.47. The molecule has 20 heavy (non-hydrogen) atoms. The van der Waals surface area contributed by atoms with Crippen molar-refractivity contribution < 1.29 is 14.6 Å². The first-order chi connectivity index (χ1) is 9.61. The number of aliphatic carboxylic acids is 1. The van der Waals surface area contributed by atoms with E-state index in [1.807, 2.05) is 44.2 Å². The molecule has 4 nitrogen and oxygen atoms in total. The fourth-order valence-corrected chi connectivity index (χ4v) is 3.02. The van der Waals surface area contributed by atoms with Crippen molar-refractivity contribution in [3.05, 3.63) is 40.2 Å². The highest BCUT2D eigenvalue weighted by molar-refractivity contribution is 7.12. The summed E-state index contributed by atoms with van der Waals surface area (Å²) in [5.74, 6) is -0.846. The quantitative estimate of drug-likeness (QED) is 0.884. The molecule has 0 amide bonds. The molecular weight excluding hydrogens is 274 g/mol. The first-order valence-electron chi connectivity index (χ1n) is 6.50. The topological polar surface area (TPSA) is 59.4 Å². The van der Waals surface area contributed by atoms with E-state index in [0.29, 0.717) is 6.61 Å². The number of thiazole rings is 1. The first kappa shape index (κ1) is 14.7. The number of hydrogen-bond donors (Lipinski definition) is 1. The zero-order valence-corrected chi connectivity index (χ0v) is 12.3. The van der Waals surface area contributed by atoms with Crippen LogP contribution in [0.15, 0.2) is 30.3 Å². The summed E-state index contributed by atoms with van der Waals surface area (Å²) in [5, 5.41) is 9.86. The van der Waals surface area contributed by atoms with Gasteiger partial charge in [0.1, 0.15) is 11.1 Å². The molecule has 0 saturated carbocycles. The van der Waals surface area contributed by atoms with E-state index in [4.69, 9.17) is 9.84 Å². The van der Waals surface area contributed by atoms with Crippen molar-refractivity contribution in [3.8, 4) is 11.3 Å². The van der Waals surface area contributed by atoms with Crippen LogP contribution < -0.4 is 0 Å². The second-order valence-electron chi connectivity index (χ2n) is 4.36. The molecule has 0 aliphatic heterocycles. The molecule has 1 aromatic carbocycles. The van der Waals surface area contributed by atoms with Crippen molar-refractivity contribution in [1.29, 1.82) is 0 Å². The van der Waals surface area contributed by atoms with Crippen molar-refractivity contribution in [2.75, 3.05) is 6.61 Å². The van der Waals surface area contributed by atoms with Crippen LogP contribution in [0.4, 0.5) is 0 Å². The molecule has 2 rings (SSSR count).